The number of alkyl halides is 3. The molecular weight excluding hydrogens is 445 g/mol. The van der Waals surface area contributed by atoms with Crippen LogP contribution in [0.1, 0.15) is 17.1 Å². The first kappa shape index (κ1) is 23.0. The Hall–Kier alpha value is -3.67. The number of anilines is 2. The van der Waals surface area contributed by atoms with Crippen molar-refractivity contribution in [3.63, 3.8) is 0 Å². The smallest absolute Gasteiger partial charge is 0.467 e. The van der Waals surface area contributed by atoms with Gasteiger partial charge in [0.15, 0.2) is 5.11 Å². The fraction of sp³-hybridized carbons (Fsp3) is 0.200. The molecule has 168 valence electrons. The number of nitrogens with zero attached hydrogens (tertiary/aromatic N) is 3. The maximum absolute atomic E-state index is 12.4. The summed E-state index contributed by atoms with van der Waals surface area (Å²) in [7, 11) is 0. The molecule has 0 spiro atoms. The lowest BCUT2D eigenvalue weighted by Gasteiger charge is -2.15. The van der Waals surface area contributed by atoms with Crippen molar-refractivity contribution in [3.8, 4) is 5.75 Å². The van der Waals surface area contributed by atoms with Crippen molar-refractivity contribution >= 4 is 34.9 Å². The predicted molar refractivity (Wildman–Crippen MR) is 117 cm³/mol. The van der Waals surface area contributed by atoms with Crippen LogP contribution in [0.4, 0.5) is 24.8 Å². The highest BCUT2D eigenvalue weighted by atomic mass is 32.1. The van der Waals surface area contributed by atoms with Crippen molar-refractivity contribution in [1.82, 2.24) is 15.3 Å². The van der Waals surface area contributed by atoms with Crippen LogP contribution < -0.4 is 20.7 Å². The van der Waals surface area contributed by atoms with E-state index in [1.54, 1.807) is 12.1 Å². The fourth-order valence-corrected chi connectivity index (χ4v) is 2.81. The van der Waals surface area contributed by atoms with E-state index < -0.39 is 6.36 Å². The summed E-state index contributed by atoms with van der Waals surface area (Å²) in [6, 6.07) is 10.6. The van der Waals surface area contributed by atoms with Crippen LogP contribution in [-0.4, -0.2) is 27.4 Å². The van der Waals surface area contributed by atoms with E-state index in [1.165, 1.54) is 30.5 Å². The lowest BCUT2D eigenvalue weighted by Crippen LogP contribution is -2.39. The summed E-state index contributed by atoms with van der Waals surface area (Å²) in [5.74, 6) is 0.755. The van der Waals surface area contributed by atoms with E-state index in [2.05, 4.69) is 35.6 Å². The largest absolute Gasteiger partial charge is 0.573 e. The number of nitrogens with one attached hydrogen (secondary N) is 3. The quantitative estimate of drug-likeness (QED) is 0.288. The standard InChI is InChI=1S/C20H19F3N6O2S/c1-12-9-13(2)26-18(25-12)28-17(24-11-16-7-4-8-30-16)29-19(32)27-14-5-3-6-15(10-14)31-20(21,22)23/h3-10H,11H2,1-2H3,(H3,24,25,26,27,28,29,32). The molecule has 0 aliphatic rings. The van der Waals surface area contributed by atoms with E-state index in [4.69, 9.17) is 16.6 Å². The normalized spacial score (nSPS) is 11.7. The molecule has 0 atom stereocenters. The topological polar surface area (TPSA) is 96.6 Å². The minimum atomic E-state index is -4.79. The molecule has 3 aromatic rings. The number of ether oxygens (including phenoxy) is 1. The Bertz CT molecular complexity index is 1080. The van der Waals surface area contributed by atoms with Crippen molar-refractivity contribution in [2.45, 2.75) is 26.8 Å². The van der Waals surface area contributed by atoms with Crippen molar-refractivity contribution in [1.29, 1.82) is 0 Å². The van der Waals surface area contributed by atoms with Gasteiger partial charge in [-0.2, -0.15) is 0 Å². The number of halogens is 3. The minimum absolute atomic E-state index is 0.0734. The molecule has 0 saturated heterocycles. The Morgan fingerprint density at radius 3 is 2.50 bits per heavy atom. The zero-order valence-corrected chi connectivity index (χ0v) is 17.8. The molecule has 2 aromatic heterocycles. The van der Waals surface area contributed by atoms with E-state index in [9.17, 15) is 13.2 Å². The maximum Gasteiger partial charge on any atom is 0.573 e. The van der Waals surface area contributed by atoms with Crippen LogP contribution in [0.15, 0.2) is 58.1 Å². The number of aryl methyl sites for hydroxylation is 2. The molecule has 0 fully saturated rings. The number of hydrogen-bond acceptors (Lipinski definition) is 6. The average Bonchev–Trinajstić information content (AvgIpc) is 3.17. The van der Waals surface area contributed by atoms with E-state index in [1.807, 2.05) is 19.9 Å². The predicted octanol–water partition coefficient (Wildman–Crippen LogP) is 4.54. The molecule has 0 aliphatic carbocycles. The van der Waals surface area contributed by atoms with Crippen LogP contribution >= 0.6 is 12.2 Å². The van der Waals surface area contributed by atoms with Gasteiger partial charge in [0.1, 0.15) is 18.1 Å². The fourth-order valence-electron chi connectivity index (χ4n) is 2.60. The summed E-state index contributed by atoms with van der Waals surface area (Å²) in [4.78, 5) is 13.0. The number of furan rings is 1. The van der Waals surface area contributed by atoms with Gasteiger partial charge in [-0.15, -0.1) is 13.2 Å². The highest BCUT2D eigenvalue weighted by Crippen LogP contribution is 2.25. The van der Waals surface area contributed by atoms with Crippen LogP contribution in [0.2, 0.25) is 0 Å². The van der Waals surface area contributed by atoms with Gasteiger partial charge in [-0.1, -0.05) is 6.07 Å². The third-order valence-electron chi connectivity index (χ3n) is 3.74. The summed E-state index contributed by atoms with van der Waals surface area (Å²) in [5.41, 5.74) is 1.80. The molecule has 3 N–H and O–H groups in total. The van der Waals surface area contributed by atoms with Gasteiger partial charge in [-0.3, -0.25) is 5.32 Å². The first-order chi connectivity index (χ1) is 15.2. The Kier molecular flexibility index (Phi) is 7.25. The second kappa shape index (κ2) is 10.1. The van der Waals surface area contributed by atoms with Crippen LogP contribution in [0, 0.1) is 13.8 Å². The van der Waals surface area contributed by atoms with Gasteiger partial charge in [0.2, 0.25) is 11.9 Å². The number of rotatable bonds is 5. The number of thiocarbonyl (C=S) groups is 1. The summed E-state index contributed by atoms with van der Waals surface area (Å²) in [6.07, 6.45) is -3.26. The van der Waals surface area contributed by atoms with Gasteiger partial charge >= 0.3 is 6.36 Å². The number of hydrogen-bond donors (Lipinski definition) is 3. The van der Waals surface area contributed by atoms with Gasteiger partial charge in [0.25, 0.3) is 0 Å². The Morgan fingerprint density at radius 2 is 1.84 bits per heavy atom. The summed E-state index contributed by atoms with van der Waals surface area (Å²) >= 11 is 5.28. The van der Waals surface area contributed by atoms with Gasteiger partial charge < -0.3 is 19.8 Å². The molecule has 0 bridgehead atoms. The summed E-state index contributed by atoms with van der Waals surface area (Å²) < 4.78 is 46.5. The van der Waals surface area contributed by atoms with Crippen LogP contribution in [0.25, 0.3) is 0 Å². The van der Waals surface area contributed by atoms with Gasteiger partial charge in [-0.05, 0) is 56.4 Å². The molecule has 2 heterocycles. The zero-order valence-electron chi connectivity index (χ0n) is 17.0. The van der Waals surface area contributed by atoms with Crippen molar-refractivity contribution < 1.29 is 22.3 Å². The molecule has 0 saturated carbocycles. The molecule has 3 rings (SSSR count). The van der Waals surface area contributed by atoms with Crippen molar-refractivity contribution in [2.24, 2.45) is 4.99 Å². The molecule has 12 heteroatoms. The SMILES string of the molecule is Cc1cc(C)nc(NC(=NCc2ccco2)NC(=S)Nc2cccc(OC(F)(F)F)c2)n1. The Balaban J connectivity index is 1.73. The molecular formula is C20H19F3N6O2S. The molecule has 1 aromatic carbocycles. The number of guanidine groups is 1. The monoisotopic (exact) mass is 464 g/mol. The maximum atomic E-state index is 12.4. The lowest BCUT2D eigenvalue weighted by atomic mass is 10.3. The highest BCUT2D eigenvalue weighted by molar-refractivity contribution is 7.80. The Morgan fingerprint density at radius 1 is 1.09 bits per heavy atom. The van der Waals surface area contributed by atoms with Crippen LogP contribution in [0.5, 0.6) is 5.75 Å². The average molecular weight is 464 g/mol. The van der Waals surface area contributed by atoms with E-state index in [0.717, 1.165) is 11.4 Å². The van der Waals surface area contributed by atoms with Crippen LogP contribution in [0.3, 0.4) is 0 Å². The molecule has 8 nitrogen and oxygen atoms in total. The summed E-state index contributed by atoms with van der Waals surface area (Å²) in [5, 5.41) is 8.68. The van der Waals surface area contributed by atoms with Gasteiger partial charge in [0.05, 0.1) is 6.26 Å². The number of aromatic nitrogens is 2. The molecule has 0 unspecified atom stereocenters. The highest BCUT2D eigenvalue weighted by Gasteiger charge is 2.31. The van der Waals surface area contributed by atoms with Gasteiger partial charge in [-0.25, -0.2) is 15.0 Å². The minimum Gasteiger partial charge on any atom is -0.467 e. The third kappa shape index (κ3) is 7.54. The zero-order chi connectivity index (χ0) is 23.1. The molecule has 0 aliphatic heterocycles. The van der Waals surface area contributed by atoms with E-state index in [-0.39, 0.29) is 29.1 Å². The number of aliphatic imine (C=N–C) groups is 1. The van der Waals surface area contributed by atoms with E-state index >= 15 is 0 Å². The van der Waals surface area contributed by atoms with Crippen molar-refractivity contribution in [2.75, 3.05) is 10.6 Å². The van der Waals surface area contributed by atoms with Crippen LogP contribution in [-0.2, 0) is 6.54 Å². The van der Waals surface area contributed by atoms with Crippen molar-refractivity contribution in [3.05, 3.63) is 65.9 Å². The second-order valence-electron chi connectivity index (χ2n) is 6.50. The van der Waals surface area contributed by atoms with Gasteiger partial charge in [0, 0.05) is 23.1 Å². The first-order valence-corrected chi connectivity index (χ1v) is 9.67. The second-order valence-corrected chi connectivity index (χ2v) is 6.91. The summed E-state index contributed by atoms with van der Waals surface area (Å²) in [6.45, 7) is 3.86. The Labute approximate surface area is 186 Å². The number of benzene rings is 1. The molecule has 0 amide bonds. The molecule has 0 radical (unpaired) electrons. The third-order valence-corrected chi connectivity index (χ3v) is 3.95. The molecule has 32 heavy (non-hydrogen) atoms. The first-order valence-electron chi connectivity index (χ1n) is 9.26. The van der Waals surface area contributed by atoms with E-state index in [0.29, 0.717) is 11.7 Å². The lowest BCUT2D eigenvalue weighted by molar-refractivity contribution is -0.274.